The van der Waals surface area contributed by atoms with Crippen LogP contribution in [-0.2, 0) is 6.42 Å². The van der Waals surface area contributed by atoms with Gasteiger partial charge in [0.2, 0.25) is 0 Å². The van der Waals surface area contributed by atoms with Crippen molar-refractivity contribution in [3.63, 3.8) is 0 Å². The van der Waals surface area contributed by atoms with E-state index >= 15 is 0 Å². The second-order valence-corrected chi connectivity index (χ2v) is 5.65. The third-order valence-corrected chi connectivity index (χ3v) is 3.67. The number of nitrogens with zero attached hydrogens (tertiary/aromatic N) is 1. The molecule has 21 heavy (non-hydrogen) atoms. The van der Waals surface area contributed by atoms with E-state index in [1.807, 2.05) is 13.8 Å². The van der Waals surface area contributed by atoms with Crippen LogP contribution in [0.5, 0.6) is 0 Å². The van der Waals surface area contributed by atoms with Gasteiger partial charge < -0.3 is 5.32 Å². The fraction of sp³-hybridized carbons (Fsp3) is 0.353. The number of pyridine rings is 1. The first-order valence-electron chi connectivity index (χ1n) is 7.12. The van der Waals surface area contributed by atoms with E-state index in [0.29, 0.717) is 0 Å². The summed E-state index contributed by atoms with van der Waals surface area (Å²) in [6, 6.07) is 9.24. The highest BCUT2D eigenvalue weighted by Gasteiger charge is 2.13. The van der Waals surface area contributed by atoms with Gasteiger partial charge in [-0.05, 0) is 62.2 Å². The maximum Gasteiger partial charge on any atom is 0.141 e. The molecule has 4 heteroatoms. The summed E-state index contributed by atoms with van der Waals surface area (Å²) in [6.45, 7) is 6.92. The number of nitrogens with one attached hydrogen (secondary N) is 1. The topological polar surface area (TPSA) is 24.9 Å². The molecule has 0 saturated heterocycles. The number of likely N-dealkylation sites (N-methyl/N-ethyl adjacent to an activating group) is 1. The number of aromatic nitrogens is 1. The molecule has 1 atom stereocenters. The Morgan fingerprint density at radius 1 is 1.19 bits per heavy atom. The van der Waals surface area contributed by atoms with Crippen molar-refractivity contribution >= 4 is 11.6 Å². The summed E-state index contributed by atoms with van der Waals surface area (Å²) in [7, 11) is 0. The molecule has 0 saturated carbocycles. The zero-order valence-electron chi connectivity index (χ0n) is 12.6. The van der Waals surface area contributed by atoms with Crippen LogP contribution in [0.1, 0.15) is 35.5 Å². The van der Waals surface area contributed by atoms with Crippen LogP contribution in [0.3, 0.4) is 0 Å². The van der Waals surface area contributed by atoms with Crippen molar-refractivity contribution in [2.45, 2.75) is 33.2 Å². The molecule has 1 N–H and O–H groups in total. The molecule has 0 aliphatic rings. The molecule has 0 fully saturated rings. The van der Waals surface area contributed by atoms with Gasteiger partial charge in [-0.15, -0.1) is 0 Å². The zero-order chi connectivity index (χ0) is 15.4. The predicted molar refractivity (Wildman–Crippen MR) is 85.2 cm³/mol. The van der Waals surface area contributed by atoms with Crippen molar-refractivity contribution in [1.82, 2.24) is 10.3 Å². The van der Waals surface area contributed by atoms with Crippen molar-refractivity contribution in [1.29, 1.82) is 0 Å². The normalized spacial score (nSPS) is 12.4. The Bertz CT molecular complexity index is 608. The zero-order valence-corrected chi connectivity index (χ0v) is 13.3. The fourth-order valence-electron chi connectivity index (χ4n) is 2.52. The first kappa shape index (κ1) is 15.9. The van der Waals surface area contributed by atoms with E-state index < -0.39 is 0 Å². The first-order valence-corrected chi connectivity index (χ1v) is 7.50. The predicted octanol–water partition coefficient (Wildman–Crippen LogP) is 4.38. The van der Waals surface area contributed by atoms with Gasteiger partial charge in [0, 0.05) is 17.4 Å². The van der Waals surface area contributed by atoms with Gasteiger partial charge in [-0.1, -0.05) is 24.6 Å². The van der Waals surface area contributed by atoms with E-state index in [4.69, 9.17) is 11.6 Å². The molecule has 0 radical (unpaired) electrons. The first-order chi connectivity index (χ1) is 9.99. The smallest absolute Gasteiger partial charge is 0.141 e. The molecule has 0 amide bonds. The lowest BCUT2D eigenvalue weighted by atomic mass is 9.98. The van der Waals surface area contributed by atoms with Gasteiger partial charge in [-0.3, -0.25) is 4.98 Å². The van der Waals surface area contributed by atoms with Gasteiger partial charge >= 0.3 is 0 Å². The van der Waals surface area contributed by atoms with Crippen LogP contribution in [-0.4, -0.2) is 11.5 Å². The van der Waals surface area contributed by atoms with Crippen molar-refractivity contribution < 1.29 is 4.39 Å². The minimum Gasteiger partial charge on any atom is -0.310 e. The van der Waals surface area contributed by atoms with E-state index in [0.717, 1.165) is 29.9 Å². The number of benzene rings is 1. The van der Waals surface area contributed by atoms with E-state index in [1.54, 1.807) is 12.1 Å². The average Bonchev–Trinajstić information content (AvgIpc) is 2.41. The van der Waals surface area contributed by atoms with Crippen LogP contribution in [0.25, 0.3) is 0 Å². The Balaban J connectivity index is 2.27. The molecule has 2 aromatic rings. The highest BCUT2D eigenvalue weighted by Crippen LogP contribution is 2.23. The molecule has 1 aromatic carbocycles. The van der Waals surface area contributed by atoms with Crippen LogP contribution in [0.2, 0.25) is 5.02 Å². The second-order valence-electron chi connectivity index (χ2n) is 5.25. The highest BCUT2D eigenvalue weighted by molar-refractivity contribution is 6.30. The number of aryl methyl sites for hydroxylation is 2. The molecule has 0 spiro atoms. The maximum atomic E-state index is 13.3. The SMILES string of the molecule is CCNC(Cc1ccc(F)c(Cl)c1)c1cc(C)nc(C)c1. The number of hydrogen-bond donors (Lipinski definition) is 1. The summed E-state index contributed by atoms with van der Waals surface area (Å²) in [5.41, 5.74) is 4.22. The monoisotopic (exact) mass is 306 g/mol. The minimum absolute atomic E-state index is 0.164. The maximum absolute atomic E-state index is 13.3. The van der Waals surface area contributed by atoms with Crippen molar-refractivity contribution in [2.24, 2.45) is 0 Å². The van der Waals surface area contributed by atoms with Gasteiger partial charge in [-0.2, -0.15) is 0 Å². The van der Waals surface area contributed by atoms with Gasteiger partial charge in [0.25, 0.3) is 0 Å². The van der Waals surface area contributed by atoms with E-state index in [1.165, 1.54) is 11.6 Å². The fourth-order valence-corrected chi connectivity index (χ4v) is 2.73. The Kier molecular flexibility index (Phi) is 5.32. The summed E-state index contributed by atoms with van der Waals surface area (Å²) in [6.07, 6.45) is 0.761. The third-order valence-electron chi connectivity index (χ3n) is 3.38. The van der Waals surface area contributed by atoms with Crippen molar-refractivity contribution in [3.8, 4) is 0 Å². The molecule has 0 bridgehead atoms. The Morgan fingerprint density at radius 3 is 2.43 bits per heavy atom. The lowest BCUT2D eigenvalue weighted by molar-refractivity contribution is 0.547. The van der Waals surface area contributed by atoms with E-state index in [-0.39, 0.29) is 16.9 Å². The molecular formula is C17H20ClFN2. The quantitative estimate of drug-likeness (QED) is 0.886. The lowest BCUT2D eigenvalue weighted by Gasteiger charge is -2.19. The minimum atomic E-state index is -0.379. The van der Waals surface area contributed by atoms with Gasteiger partial charge in [0.05, 0.1) is 5.02 Å². The van der Waals surface area contributed by atoms with Crippen LogP contribution >= 0.6 is 11.6 Å². The summed E-state index contributed by atoms with van der Waals surface area (Å²) in [5.74, 6) is -0.379. The summed E-state index contributed by atoms with van der Waals surface area (Å²) >= 11 is 5.87. The molecular weight excluding hydrogens is 287 g/mol. The van der Waals surface area contributed by atoms with Crippen LogP contribution in [0.15, 0.2) is 30.3 Å². The summed E-state index contributed by atoms with van der Waals surface area (Å²) < 4.78 is 13.3. The largest absolute Gasteiger partial charge is 0.310 e. The third kappa shape index (κ3) is 4.26. The molecule has 2 rings (SSSR count). The lowest BCUT2D eigenvalue weighted by Crippen LogP contribution is -2.23. The van der Waals surface area contributed by atoms with Crippen molar-refractivity contribution in [3.05, 3.63) is 63.7 Å². The van der Waals surface area contributed by atoms with Crippen LogP contribution in [0, 0.1) is 19.7 Å². The Morgan fingerprint density at radius 2 is 1.86 bits per heavy atom. The molecule has 0 aliphatic heterocycles. The molecule has 1 aromatic heterocycles. The average molecular weight is 307 g/mol. The summed E-state index contributed by atoms with van der Waals surface area (Å²) in [5, 5.41) is 3.64. The highest BCUT2D eigenvalue weighted by atomic mass is 35.5. The Hall–Kier alpha value is -1.45. The number of rotatable bonds is 5. The Labute approximate surface area is 130 Å². The molecule has 0 aliphatic carbocycles. The second kappa shape index (κ2) is 7.01. The van der Waals surface area contributed by atoms with Crippen LogP contribution < -0.4 is 5.32 Å². The molecule has 1 unspecified atom stereocenters. The van der Waals surface area contributed by atoms with E-state index in [9.17, 15) is 4.39 Å². The molecule has 2 nitrogen and oxygen atoms in total. The van der Waals surface area contributed by atoms with Gasteiger partial charge in [0.1, 0.15) is 5.82 Å². The number of hydrogen-bond acceptors (Lipinski definition) is 2. The van der Waals surface area contributed by atoms with E-state index in [2.05, 4.69) is 29.4 Å². The standard InChI is InChI=1S/C17H20ClFN2/c1-4-20-17(14-7-11(2)21-12(3)8-14)10-13-5-6-16(19)15(18)9-13/h5-9,17,20H,4,10H2,1-3H3. The molecule has 1 heterocycles. The van der Waals surface area contributed by atoms with Crippen LogP contribution in [0.4, 0.5) is 4.39 Å². The van der Waals surface area contributed by atoms with Gasteiger partial charge in [0.15, 0.2) is 0 Å². The number of halogens is 2. The molecule has 112 valence electrons. The van der Waals surface area contributed by atoms with Crippen molar-refractivity contribution in [2.75, 3.05) is 6.54 Å². The van der Waals surface area contributed by atoms with Gasteiger partial charge in [-0.25, -0.2) is 4.39 Å². The summed E-state index contributed by atoms with van der Waals surface area (Å²) in [4.78, 5) is 4.41.